The molecule has 4 N–H and O–H groups in total. The Labute approximate surface area is 108 Å². The van der Waals surface area contributed by atoms with Crippen molar-refractivity contribution in [2.24, 2.45) is 11.5 Å². The Morgan fingerprint density at radius 3 is 1.75 bits per heavy atom. The third kappa shape index (κ3) is 29.2. The summed E-state index contributed by atoms with van der Waals surface area (Å²) in [7, 11) is 0. The molecular weight excluding hydrogens is 224 g/mol. The summed E-state index contributed by atoms with van der Waals surface area (Å²) in [5.41, 5.74) is 10.5. The molecule has 0 aromatic rings. The highest BCUT2D eigenvalue weighted by Gasteiger charge is 1.90. The zero-order chi connectivity index (χ0) is 11.9. The lowest BCUT2D eigenvalue weighted by Gasteiger charge is -2.02. The fraction of sp³-hybridized carbons (Fsp3) is 1.00. The Morgan fingerprint density at radius 2 is 1.44 bits per heavy atom. The van der Waals surface area contributed by atoms with E-state index in [1.165, 1.54) is 32.1 Å². The maximum absolute atomic E-state index is 5.23. The van der Waals surface area contributed by atoms with E-state index in [1.807, 2.05) is 6.92 Å². The maximum atomic E-state index is 5.23. The van der Waals surface area contributed by atoms with Gasteiger partial charge in [-0.1, -0.05) is 46.0 Å². The van der Waals surface area contributed by atoms with Crippen LogP contribution in [0.5, 0.6) is 0 Å². The monoisotopic (exact) mass is 254 g/mol. The van der Waals surface area contributed by atoms with Crippen LogP contribution in [0.3, 0.4) is 0 Å². The Hall–Kier alpha value is 0.170. The molecule has 0 heterocycles. The van der Waals surface area contributed by atoms with Crippen molar-refractivity contribution in [1.82, 2.24) is 0 Å². The predicted octanol–water partition coefficient (Wildman–Crippen LogP) is 3.06. The first kappa shape index (κ1) is 21.5. The smallest absolute Gasteiger partial charge is 0.0543 e. The van der Waals surface area contributed by atoms with Crippen molar-refractivity contribution >= 4 is 12.4 Å². The molecule has 0 bridgehead atoms. The van der Waals surface area contributed by atoms with E-state index in [4.69, 9.17) is 16.2 Å². The van der Waals surface area contributed by atoms with Crippen LogP contribution >= 0.6 is 12.4 Å². The van der Waals surface area contributed by atoms with Gasteiger partial charge in [0.2, 0.25) is 0 Å². The van der Waals surface area contributed by atoms with Gasteiger partial charge < -0.3 is 16.2 Å². The van der Waals surface area contributed by atoms with Gasteiger partial charge in [-0.15, -0.1) is 12.4 Å². The van der Waals surface area contributed by atoms with Crippen LogP contribution in [0.25, 0.3) is 0 Å². The van der Waals surface area contributed by atoms with Crippen LogP contribution < -0.4 is 11.5 Å². The van der Waals surface area contributed by atoms with E-state index < -0.39 is 0 Å². The molecule has 0 atom stereocenters. The van der Waals surface area contributed by atoms with E-state index >= 15 is 0 Å². The fourth-order valence-electron chi connectivity index (χ4n) is 1.04. The van der Waals surface area contributed by atoms with Crippen molar-refractivity contribution in [2.75, 3.05) is 13.2 Å². The van der Waals surface area contributed by atoms with E-state index in [9.17, 15) is 0 Å². The lowest BCUT2D eigenvalue weighted by atomic mass is 10.2. The molecule has 0 saturated heterocycles. The summed E-state index contributed by atoms with van der Waals surface area (Å²) in [6.45, 7) is 7.86. The van der Waals surface area contributed by atoms with E-state index in [2.05, 4.69) is 13.8 Å². The molecule has 0 aliphatic carbocycles. The van der Waals surface area contributed by atoms with Gasteiger partial charge in [-0.05, 0) is 13.3 Å². The lowest BCUT2D eigenvalue weighted by Crippen LogP contribution is -2.31. The summed E-state index contributed by atoms with van der Waals surface area (Å²) >= 11 is 0. The molecule has 16 heavy (non-hydrogen) atoms. The molecule has 102 valence electrons. The van der Waals surface area contributed by atoms with Crippen LogP contribution in [-0.2, 0) is 4.74 Å². The van der Waals surface area contributed by atoms with Gasteiger partial charge in [0.15, 0.2) is 0 Å². The van der Waals surface area contributed by atoms with Gasteiger partial charge in [0.25, 0.3) is 0 Å². The van der Waals surface area contributed by atoms with Crippen LogP contribution in [-0.4, -0.2) is 19.4 Å². The molecule has 0 spiro atoms. The van der Waals surface area contributed by atoms with Gasteiger partial charge in [-0.25, -0.2) is 0 Å². The minimum atomic E-state index is -0.221. The molecule has 0 aliphatic heterocycles. The second-order valence-electron chi connectivity index (χ2n) is 3.71. The SMILES string of the molecule is CCCCCCC.CCOCCC(N)N.Cl. The molecule has 3 nitrogen and oxygen atoms in total. The first-order valence-electron chi connectivity index (χ1n) is 6.27. The number of hydrogen-bond donors (Lipinski definition) is 2. The van der Waals surface area contributed by atoms with Crippen LogP contribution in [0.15, 0.2) is 0 Å². The zero-order valence-corrected chi connectivity index (χ0v) is 12.0. The molecule has 4 heteroatoms. The topological polar surface area (TPSA) is 61.3 Å². The van der Waals surface area contributed by atoms with Gasteiger partial charge in [-0.2, -0.15) is 0 Å². The number of nitrogens with two attached hydrogens (primary N) is 2. The first-order valence-corrected chi connectivity index (χ1v) is 6.27. The summed E-state index contributed by atoms with van der Waals surface area (Å²) in [5.74, 6) is 0. The standard InChI is InChI=1S/C7H16.C5H14N2O.ClH/c1-3-5-7-6-4-2;1-2-8-4-3-5(6)7;/h3-7H2,1-2H3;5H,2-4,6-7H2,1H3;1H. The zero-order valence-electron chi connectivity index (χ0n) is 11.2. The number of hydrogen-bond acceptors (Lipinski definition) is 3. The minimum Gasteiger partial charge on any atom is -0.382 e. The highest BCUT2D eigenvalue weighted by molar-refractivity contribution is 5.85. The van der Waals surface area contributed by atoms with Crippen molar-refractivity contribution < 1.29 is 4.74 Å². The van der Waals surface area contributed by atoms with Crippen molar-refractivity contribution in [3.05, 3.63) is 0 Å². The highest BCUT2D eigenvalue weighted by atomic mass is 35.5. The summed E-state index contributed by atoms with van der Waals surface area (Å²) in [4.78, 5) is 0. The van der Waals surface area contributed by atoms with E-state index in [-0.39, 0.29) is 18.6 Å². The van der Waals surface area contributed by atoms with Crippen LogP contribution in [0, 0.1) is 0 Å². The highest BCUT2D eigenvalue weighted by Crippen LogP contribution is 2.00. The summed E-state index contributed by atoms with van der Waals surface area (Å²) < 4.78 is 4.98. The van der Waals surface area contributed by atoms with E-state index in [0.717, 1.165) is 13.0 Å². The minimum absolute atomic E-state index is 0. The van der Waals surface area contributed by atoms with Crippen molar-refractivity contribution in [2.45, 2.75) is 65.5 Å². The molecule has 0 saturated carbocycles. The number of rotatable bonds is 8. The molecular formula is C12H31ClN2O. The average Bonchev–Trinajstić information content (AvgIpc) is 2.20. The molecule has 0 aliphatic rings. The Kier molecular flexibility index (Phi) is 27.6. The van der Waals surface area contributed by atoms with Gasteiger partial charge in [0.05, 0.1) is 6.17 Å². The Balaban J connectivity index is -0.000000200. The van der Waals surface area contributed by atoms with Gasteiger partial charge in [-0.3, -0.25) is 0 Å². The molecule has 0 fully saturated rings. The molecule has 0 radical (unpaired) electrons. The van der Waals surface area contributed by atoms with Gasteiger partial charge >= 0.3 is 0 Å². The van der Waals surface area contributed by atoms with Crippen LogP contribution in [0.1, 0.15) is 59.3 Å². The van der Waals surface area contributed by atoms with Gasteiger partial charge in [0.1, 0.15) is 0 Å². The molecule has 0 aromatic carbocycles. The van der Waals surface area contributed by atoms with Crippen molar-refractivity contribution in [3.8, 4) is 0 Å². The van der Waals surface area contributed by atoms with Crippen LogP contribution in [0.4, 0.5) is 0 Å². The lowest BCUT2D eigenvalue weighted by molar-refractivity contribution is 0.140. The third-order valence-electron chi connectivity index (χ3n) is 2.01. The molecule has 0 amide bonds. The number of unbranched alkanes of at least 4 members (excludes halogenated alkanes) is 4. The summed E-state index contributed by atoms with van der Waals surface area (Å²) in [5, 5.41) is 0. The molecule has 0 aromatic heterocycles. The number of ether oxygens (including phenoxy) is 1. The largest absolute Gasteiger partial charge is 0.382 e. The summed E-state index contributed by atoms with van der Waals surface area (Å²) in [6.07, 6.45) is 7.53. The van der Waals surface area contributed by atoms with Gasteiger partial charge in [0, 0.05) is 13.2 Å². The second-order valence-corrected chi connectivity index (χ2v) is 3.71. The van der Waals surface area contributed by atoms with Crippen LogP contribution in [0.2, 0.25) is 0 Å². The van der Waals surface area contributed by atoms with E-state index in [1.54, 1.807) is 0 Å². The first-order chi connectivity index (χ1) is 7.18. The average molecular weight is 255 g/mol. The Bertz CT molecular complexity index is 99.0. The fourth-order valence-corrected chi connectivity index (χ4v) is 1.04. The van der Waals surface area contributed by atoms with Crippen molar-refractivity contribution in [3.63, 3.8) is 0 Å². The normalized spacial score (nSPS) is 9.38. The molecule has 0 rings (SSSR count). The van der Waals surface area contributed by atoms with E-state index in [0.29, 0.717) is 6.61 Å². The maximum Gasteiger partial charge on any atom is 0.0543 e. The third-order valence-corrected chi connectivity index (χ3v) is 2.01. The molecule has 0 unspecified atom stereocenters. The Morgan fingerprint density at radius 1 is 0.938 bits per heavy atom. The second kappa shape index (κ2) is 20.6. The summed E-state index contributed by atoms with van der Waals surface area (Å²) in [6, 6.07) is 0. The number of halogens is 1. The predicted molar refractivity (Wildman–Crippen MR) is 75.0 cm³/mol. The quantitative estimate of drug-likeness (QED) is 0.517. The van der Waals surface area contributed by atoms with Crippen molar-refractivity contribution in [1.29, 1.82) is 0 Å².